The smallest absolute Gasteiger partial charge is 0.127 e. The number of ether oxygens (including phenoxy) is 2. The molecule has 0 aromatic heterocycles. The molecule has 0 aliphatic carbocycles. The van der Waals surface area contributed by atoms with Gasteiger partial charge in [-0.05, 0) is 36.0 Å². The second-order valence-electron chi connectivity index (χ2n) is 5.26. The van der Waals surface area contributed by atoms with Crippen molar-refractivity contribution in [2.24, 2.45) is 0 Å². The van der Waals surface area contributed by atoms with Gasteiger partial charge in [-0.15, -0.1) is 0 Å². The van der Waals surface area contributed by atoms with Gasteiger partial charge in [-0.25, -0.2) is 0 Å². The summed E-state index contributed by atoms with van der Waals surface area (Å²) in [5.41, 5.74) is 2.56. The average Bonchev–Trinajstić information content (AvgIpc) is 2.54. The first kappa shape index (κ1) is 13.0. The standard InChI is InChI=1S/C18H20O2/c1-3-13-11-17(14-7-5-4-6-8-14)20-18-12-15(19-2)9-10-16(13)18/h4-10,12-13,17H,3,11H2,1-2H3. The summed E-state index contributed by atoms with van der Waals surface area (Å²) in [4.78, 5) is 0. The molecule has 0 saturated heterocycles. The van der Waals surface area contributed by atoms with Crippen LogP contribution in [0.3, 0.4) is 0 Å². The van der Waals surface area contributed by atoms with Gasteiger partial charge in [0.05, 0.1) is 7.11 Å². The molecule has 2 nitrogen and oxygen atoms in total. The molecule has 2 atom stereocenters. The molecule has 2 unspecified atom stereocenters. The predicted octanol–water partition coefficient (Wildman–Crippen LogP) is 4.71. The Morgan fingerprint density at radius 1 is 1.15 bits per heavy atom. The summed E-state index contributed by atoms with van der Waals surface area (Å²) >= 11 is 0. The van der Waals surface area contributed by atoms with Crippen LogP contribution in [0.4, 0.5) is 0 Å². The maximum absolute atomic E-state index is 6.21. The summed E-state index contributed by atoms with van der Waals surface area (Å²) in [5.74, 6) is 2.37. The number of benzene rings is 2. The first-order valence-electron chi connectivity index (χ1n) is 7.21. The topological polar surface area (TPSA) is 18.5 Å². The van der Waals surface area contributed by atoms with E-state index in [9.17, 15) is 0 Å². The van der Waals surface area contributed by atoms with Crippen LogP contribution in [0.25, 0.3) is 0 Å². The van der Waals surface area contributed by atoms with Crippen LogP contribution < -0.4 is 9.47 Å². The quantitative estimate of drug-likeness (QED) is 0.802. The third kappa shape index (κ3) is 2.38. The Balaban J connectivity index is 1.96. The highest BCUT2D eigenvalue weighted by Crippen LogP contribution is 2.44. The van der Waals surface area contributed by atoms with Crippen LogP contribution in [-0.4, -0.2) is 7.11 Å². The number of fused-ring (bicyclic) bond motifs is 1. The van der Waals surface area contributed by atoms with Crippen molar-refractivity contribution in [3.63, 3.8) is 0 Å². The van der Waals surface area contributed by atoms with E-state index in [0.29, 0.717) is 5.92 Å². The summed E-state index contributed by atoms with van der Waals surface area (Å²) in [7, 11) is 1.69. The lowest BCUT2D eigenvalue weighted by molar-refractivity contribution is 0.158. The van der Waals surface area contributed by atoms with Crippen molar-refractivity contribution in [3.05, 3.63) is 59.7 Å². The van der Waals surface area contributed by atoms with Gasteiger partial charge in [-0.1, -0.05) is 43.3 Å². The highest BCUT2D eigenvalue weighted by Gasteiger charge is 2.28. The number of methoxy groups -OCH3 is 1. The molecule has 3 rings (SSSR count). The highest BCUT2D eigenvalue weighted by atomic mass is 16.5. The van der Waals surface area contributed by atoms with Crippen molar-refractivity contribution in [1.29, 1.82) is 0 Å². The summed E-state index contributed by atoms with van der Waals surface area (Å²) in [6.07, 6.45) is 2.31. The van der Waals surface area contributed by atoms with E-state index in [-0.39, 0.29) is 6.10 Å². The van der Waals surface area contributed by atoms with Gasteiger partial charge in [0.2, 0.25) is 0 Å². The van der Waals surface area contributed by atoms with E-state index in [1.165, 1.54) is 11.1 Å². The van der Waals surface area contributed by atoms with Gasteiger partial charge in [0, 0.05) is 6.07 Å². The fourth-order valence-corrected chi connectivity index (χ4v) is 2.93. The van der Waals surface area contributed by atoms with Gasteiger partial charge in [-0.2, -0.15) is 0 Å². The molecule has 0 spiro atoms. The Bertz CT molecular complexity index is 577. The van der Waals surface area contributed by atoms with Crippen LogP contribution in [0.1, 0.15) is 42.9 Å². The first-order chi connectivity index (χ1) is 9.81. The lowest BCUT2D eigenvalue weighted by Crippen LogP contribution is -2.18. The van der Waals surface area contributed by atoms with E-state index in [0.717, 1.165) is 24.3 Å². The molecule has 20 heavy (non-hydrogen) atoms. The van der Waals surface area contributed by atoms with Gasteiger partial charge in [0.1, 0.15) is 17.6 Å². The van der Waals surface area contributed by atoms with E-state index < -0.39 is 0 Å². The molecule has 0 bridgehead atoms. The molecule has 0 N–H and O–H groups in total. The lowest BCUT2D eigenvalue weighted by Gasteiger charge is -2.32. The zero-order chi connectivity index (χ0) is 13.9. The van der Waals surface area contributed by atoms with E-state index in [2.05, 4.69) is 37.3 Å². The van der Waals surface area contributed by atoms with Crippen LogP contribution >= 0.6 is 0 Å². The van der Waals surface area contributed by atoms with Gasteiger partial charge in [-0.3, -0.25) is 0 Å². The Kier molecular flexibility index (Phi) is 3.64. The maximum Gasteiger partial charge on any atom is 0.127 e. The molecule has 2 aromatic rings. The zero-order valence-corrected chi connectivity index (χ0v) is 12.0. The molecular weight excluding hydrogens is 248 g/mol. The van der Waals surface area contributed by atoms with Gasteiger partial charge >= 0.3 is 0 Å². The third-order valence-electron chi connectivity index (χ3n) is 4.09. The van der Waals surface area contributed by atoms with Crippen LogP contribution in [0.5, 0.6) is 11.5 Å². The van der Waals surface area contributed by atoms with E-state index >= 15 is 0 Å². The van der Waals surface area contributed by atoms with Crippen molar-refractivity contribution in [2.75, 3.05) is 7.11 Å². The summed E-state index contributed by atoms with van der Waals surface area (Å²) in [6.45, 7) is 2.24. The van der Waals surface area contributed by atoms with E-state index in [4.69, 9.17) is 9.47 Å². The fourth-order valence-electron chi connectivity index (χ4n) is 2.93. The van der Waals surface area contributed by atoms with E-state index in [1.807, 2.05) is 18.2 Å². The molecule has 104 valence electrons. The molecule has 1 heterocycles. The third-order valence-corrected chi connectivity index (χ3v) is 4.09. The molecule has 2 aromatic carbocycles. The Hall–Kier alpha value is -1.96. The van der Waals surface area contributed by atoms with Crippen LogP contribution in [-0.2, 0) is 0 Å². The normalized spacial score (nSPS) is 20.9. The number of hydrogen-bond donors (Lipinski definition) is 0. The second-order valence-corrected chi connectivity index (χ2v) is 5.26. The molecule has 0 amide bonds. The number of hydrogen-bond acceptors (Lipinski definition) is 2. The first-order valence-corrected chi connectivity index (χ1v) is 7.21. The average molecular weight is 268 g/mol. The van der Waals surface area contributed by atoms with Crippen molar-refractivity contribution < 1.29 is 9.47 Å². The molecule has 1 aliphatic rings. The summed E-state index contributed by atoms with van der Waals surface area (Å²) in [5, 5.41) is 0. The molecule has 0 radical (unpaired) electrons. The minimum Gasteiger partial charge on any atom is -0.497 e. The second kappa shape index (κ2) is 5.58. The maximum atomic E-state index is 6.21. The fraction of sp³-hybridized carbons (Fsp3) is 0.333. The van der Waals surface area contributed by atoms with Crippen molar-refractivity contribution in [2.45, 2.75) is 31.8 Å². The molecule has 1 aliphatic heterocycles. The largest absolute Gasteiger partial charge is 0.497 e. The lowest BCUT2D eigenvalue weighted by atomic mass is 9.86. The summed E-state index contributed by atoms with van der Waals surface area (Å²) < 4.78 is 11.5. The van der Waals surface area contributed by atoms with E-state index in [1.54, 1.807) is 7.11 Å². The SMILES string of the molecule is CCC1CC(c2ccccc2)Oc2cc(OC)ccc21. The van der Waals surface area contributed by atoms with Crippen LogP contribution in [0.2, 0.25) is 0 Å². The Morgan fingerprint density at radius 2 is 1.95 bits per heavy atom. The zero-order valence-electron chi connectivity index (χ0n) is 12.0. The monoisotopic (exact) mass is 268 g/mol. The van der Waals surface area contributed by atoms with Crippen molar-refractivity contribution >= 4 is 0 Å². The Morgan fingerprint density at radius 3 is 2.65 bits per heavy atom. The molecular formula is C18H20O2. The van der Waals surface area contributed by atoms with Crippen LogP contribution in [0.15, 0.2) is 48.5 Å². The van der Waals surface area contributed by atoms with Crippen molar-refractivity contribution in [1.82, 2.24) is 0 Å². The Labute approximate surface area is 120 Å². The number of rotatable bonds is 3. The van der Waals surface area contributed by atoms with Gasteiger partial charge in [0.15, 0.2) is 0 Å². The highest BCUT2D eigenvalue weighted by molar-refractivity contribution is 5.45. The molecule has 0 fully saturated rings. The van der Waals surface area contributed by atoms with Gasteiger partial charge in [0.25, 0.3) is 0 Å². The predicted molar refractivity (Wildman–Crippen MR) is 80.5 cm³/mol. The summed E-state index contributed by atoms with van der Waals surface area (Å²) in [6, 6.07) is 16.6. The minimum atomic E-state index is 0.140. The molecule has 0 saturated carbocycles. The van der Waals surface area contributed by atoms with Gasteiger partial charge < -0.3 is 9.47 Å². The van der Waals surface area contributed by atoms with Crippen LogP contribution in [0, 0.1) is 0 Å². The molecule has 2 heteroatoms. The minimum absolute atomic E-state index is 0.140. The van der Waals surface area contributed by atoms with Crippen molar-refractivity contribution in [3.8, 4) is 11.5 Å².